The second kappa shape index (κ2) is 10.0. The number of halogens is 3. The van der Waals surface area contributed by atoms with Gasteiger partial charge in [-0.25, -0.2) is 0 Å². The fourth-order valence-electron chi connectivity index (χ4n) is 2.09. The first kappa shape index (κ1) is 20.1. The molecule has 1 rings (SSSR count). The number of nitrogens with one attached hydrogen (secondary N) is 2. The van der Waals surface area contributed by atoms with Crippen molar-refractivity contribution >= 4 is 5.96 Å². The molecular weight excluding hydrogens is 321 g/mol. The highest BCUT2D eigenvalue weighted by Crippen LogP contribution is 2.15. The number of ether oxygens (including phenoxy) is 1. The van der Waals surface area contributed by atoms with Crippen molar-refractivity contribution in [3.8, 4) is 5.75 Å². The Morgan fingerprint density at radius 2 is 1.88 bits per heavy atom. The molecule has 0 aliphatic rings. The largest absolute Gasteiger partial charge is 0.497 e. The number of rotatable bonds is 8. The minimum Gasteiger partial charge on any atom is -0.497 e. The van der Waals surface area contributed by atoms with Gasteiger partial charge in [-0.3, -0.25) is 9.89 Å². The van der Waals surface area contributed by atoms with Crippen molar-refractivity contribution in [3.05, 3.63) is 29.8 Å². The van der Waals surface area contributed by atoms with Gasteiger partial charge in [-0.2, -0.15) is 13.2 Å². The summed E-state index contributed by atoms with van der Waals surface area (Å²) in [7, 11) is 4.73. The van der Waals surface area contributed by atoms with Gasteiger partial charge < -0.3 is 15.4 Å². The molecule has 0 saturated heterocycles. The Labute approximate surface area is 140 Å². The van der Waals surface area contributed by atoms with E-state index in [1.54, 1.807) is 14.2 Å². The minimum atomic E-state index is -4.15. The number of benzene rings is 1. The molecule has 0 aliphatic heterocycles. The molecule has 0 spiro atoms. The first-order valence-corrected chi connectivity index (χ1v) is 7.67. The SMILES string of the molecule is CN=C(NCCCN(C)CC(F)(F)F)NCc1ccc(OC)cc1. The Kier molecular flexibility index (Phi) is 8.39. The average molecular weight is 346 g/mol. The van der Waals surface area contributed by atoms with Crippen LogP contribution in [0.1, 0.15) is 12.0 Å². The van der Waals surface area contributed by atoms with Gasteiger partial charge in [0.25, 0.3) is 0 Å². The van der Waals surface area contributed by atoms with E-state index in [1.807, 2.05) is 24.3 Å². The number of nitrogens with zero attached hydrogens (tertiary/aromatic N) is 2. The molecule has 0 aromatic heterocycles. The van der Waals surface area contributed by atoms with Crippen LogP contribution in [-0.2, 0) is 6.54 Å². The molecule has 0 bridgehead atoms. The standard InChI is InChI=1S/C16H25F3N4O/c1-20-15(21-9-4-10-23(2)12-16(17,18)19)22-11-13-5-7-14(24-3)8-6-13/h5-8H,4,9-12H2,1-3H3,(H2,20,21,22). The predicted molar refractivity (Wildman–Crippen MR) is 89.4 cm³/mol. The highest BCUT2D eigenvalue weighted by atomic mass is 19.4. The second-order valence-electron chi connectivity index (χ2n) is 5.41. The van der Waals surface area contributed by atoms with E-state index in [-0.39, 0.29) is 0 Å². The van der Waals surface area contributed by atoms with Crippen molar-refractivity contribution in [1.82, 2.24) is 15.5 Å². The van der Waals surface area contributed by atoms with Gasteiger partial charge in [0.2, 0.25) is 0 Å². The van der Waals surface area contributed by atoms with E-state index in [4.69, 9.17) is 4.74 Å². The molecule has 136 valence electrons. The van der Waals surface area contributed by atoms with Crippen molar-refractivity contribution in [3.63, 3.8) is 0 Å². The van der Waals surface area contributed by atoms with E-state index in [1.165, 1.54) is 11.9 Å². The van der Waals surface area contributed by atoms with Gasteiger partial charge in [-0.15, -0.1) is 0 Å². The molecule has 0 amide bonds. The zero-order valence-corrected chi connectivity index (χ0v) is 14.3. The minimum absolute atomic E-state index is 0.363. The summed E-state index contributed by atoms with van der Waals surface area (Å²) in [6.45, 7) is 0.613. The smallest absolute Gasteiger partial charge is 0.401 e. The molecule has 8 heteroatoms. The van der Waals surface area contributed by atoms with Crippen LogP contribution in [0.4, 0.5) is 13.2 Å². The van der Waals surface area contributed by atoms with Crippen LogP contribution in [0.25, 0.3) is 0 Å². The van der Waals surface area contributed by atoms with Gasteiger partial charge >= 0.3 is 6.18 Å². The van der Waals surface area contributed by atoms with Crippen molar-refractivity contribution in [1.29, 1.82) is 0 Å². The Morgan fingerprint density at radius 3 is 2.42 bits per heavy atom. The fourth-order valence-corrected chi connectivity index (χ4v) is 2.09. The van der Waals surface area contributed by atoms with Crippen LogP contribution in [0.15, 0.2) is 29.3 Å². The summed E-state index contributed by atoms with van der Waals surface area (Å²) in [6, 6.07) is 7.66. The summed E-state index contributed by atoms with van der Waals surface area (Å²) < 4.78 is 41.7. The lowest BCUT2D eigenvalue weighted by atomic mass is 10.2. The van der Waals surface area contributed by atoms with Crippen LogP contribution in [0.5, 0.6) is 5.75 Å². The van der Waals surface area contributed by atoms with E-state index in [9.17, 15) is 13.2 Å². The second-order valence-corrected chi connectivity index (χ2v) is 5.41. The van der Waals surface area contributed by atoms with E-state index < -0.39 is 12.7 Å². The number of hydrogen-bond acceptors (Lipinski definition) is 3. The summed E-state index contributed by atoms with van der Waals surface area (Å²) in [4.78, 5) is 5.35. The van der Waals surface area contributed by atoms with Gasteiger partial charge in [-0.1, -0.05) is 12.1 Å². The summed E-state index contributed by atoms with van der Waals surface area (Å²) in [5, 5.41) is 6.24. The first-order valence-electron chi connectivity index (χ1n) is 7.67. The molecule has 2 N–H and O–H groups in total. The predicted octanol–water partition coefficient (Wildman–Crippen LogP) is 2.24. The van der Waals surface area contributed by atoms with E-state index in [2.05, 4.69) is 15.6 Å². The molecule has 0 fully saturated rings. The average Bonchev–Trinajstić information content (AvgIpc) is 2.53. The van der Waals surface area contributed by atoms with E-state index in [0.717, 1.165) is 11.3 Å². The molecule has 5 nitrogen and oxygen atoms in total. The summed E-state index contributed by atoms with van der Waals surface area (Å²) in [5.41, 5.74) is 1.07. The lowest BCUT2D eigenvalue weighted by molar-refractivity contribution is -0.143. The van der Waals surface area contributed by atoms with Crippen molar-refractivity contribution in [2.75, 3.05) is 40.8 Å². The van der Waals surface area contributed by atoms with Crippen molar-refractivity contribution in [2.45, 2.75) is 19.1 Å². The molecule has 1 aromatic carbocycles. The third-order valence-corrected chi connectivity index (χ3v) is 3.30. The normalized spacial score (nSPS) is 12.4. The highest BCUT2D eigenvalue weighted by molar-refractivity contribution is 5.79. The van der Waals surface area contributed by atoms with Crippen LogP contribution in [0.2, 0.25) is 0 Å². The zero-order valence-electron chi connectivity index (χ0n) is 14.3. The molecule has 0 aliphatic carbocycles. The van der Waals surface area contributed by atoms with Crippen molar-refractivity contribution in [2.24, 2.45) is 4.99 Å². The number of aliphatic imine (C=N–C) groups is 1. The molecule has 1 aromatic rings. The maximum atomic E-state index is 12.2. The molecule has 24 heavy (non-hydrogen) atoms. The van der Waals surface area contributed by atoms with Crippen LogP contribution in [0, 0.1) is 0 Å². The van der Waals surface area contributed by atoms with Crippen LogP contribution < -0.4 is 15.4 Å². The number of methoxy groups -OCH3 is 1. The monoisotopic (exact) mass is 346 g/mol. The number of hydrogen-bond donors (Lipinski definition) is 2. The summed E-state index contributed by atoms with van der Waals surface area (Å²) >= 11 is 0. The van der Waals surface area contributed by atoms with E-state index in [0.29, 0.717) is 32.0 Å². The van der Waals surface area contributed by atoms with Gasteiger partial charge in [-0.05, 0) is 37.7 Å². The third kappa shape index (κ3) is 8.61. The lowest BCUT2D eigenvalue weighted by Gasteiger charge is -2.19. The van der Waals surface area contributed by atoms with Crippen molar-refractivity contribution < 1.29 is 17.9 Å². The lowest BCUT2D eigenvalue weighted by Crippen LogP contribution is -2.39. The Morgan fingerprint density at radius 1 is 1.21 bits per heavy atom. The number of guanidine groups is 1. The molecule has 0 unspecified atom stereocenters. The molecule has 0 radical (unpaired) electrons. The van der Waals surface area contributed by atoms with Gasteiger partial charge in [0.1, 0.15) is 5.75 Å². The maximum absolute atomic E-state index is 12.2. The molecule has 0 saturated carbocycles. The van der Waals surface area contributed by atoms with Gasteiger partial charge in [0, 0.05) is 20.1 Å². The fraction of sp³-hybridized carbons (Fsp3) is 0.562. The maximum Gasteiger partial charge on any atom is 0.401 e. The molecule has 0 heterocycles. The summed E-state index contributed by atoms with van der Waals surface area (Å²) in [6.07, 6.45) is -3.56. The van der Waals surface area contributed by atoms with Gasteiger partial charge in [0.15, 0.2) is 5.96 Å². The quantitative estimate of drug-likeness (QED) is 0.431. The Hall–Kier alpha value is -1.96. The highest BCUT2D eigenvalue weighted by Gasteiger charge is 2.28. The number of alkyl halides is 3. The van der Waals surface area contributed by atoms with Crippen LogP contribution in [0.3, 0.4) is 0 Å². The van der Waals surface area contributed by atoms with Gasteiger partial charge in [0.05, 0.1) is 13.7 Å². The zero-order chi connectivity index (χ0) is 18.0. The van der Waals surface area contributed by atoms with E-state index >= 15 is 0 Å². The Bertz CT molecular complexity index is 503. The first-order chi connectivity index (χ1) is 11.3. The summed E-state index contributed by atoms with van der Waals surface area (Å²) in [5.74, 6) is 1.41. The van der Waals surface area contributed by atoms with Crippen LogP contribution >= 0.6 is 0 Å². The molecular formula is C16H25F3N4O. The van der Waals surface area contributed by atoms with Crippen LogP contribution in [-0.4, -0.2) is 57.9 Å². The topological polar surface area (TPSA) is 48.9 Å². The third-order valence-electron chi connectivity index (χ3n) is 3.30. The Balaban J connectivity index is 2.25. The molecule has 0 atom stereocenters.